The predicted molar refractivity (Wildman–Crippen MR) is 172 cm³/mol. The van der Waals surface area contributed by atoms with Gasteiger partial charge in [-0.05, 0) is 91.1 Å². The summed E-state index contributed by atoms with van der Waals surface area (Å²) in [6.45, 7) is 12.1. The molecule has 3 atom stereocenters. The van der Waals surface area contributed by atoms with Crippen molar-refractivity contribution in [2.75, 3.05) is 19.6 Å². The van der Waals surface area contributed by atoms with Crippen molar-refractivity contribution in [2.24, 2.45) is 0 Å². The molecular formula is C36H47F2N3O3. The first-order chi connectivity index (χ1) is 21.0. The quantitative estimate of drug-likeness (QED) is 0.173. The Labute approximate surface area is 260 Å². The zero-order chi connectivity index (χ0) is 32.2. The molecule has 0 aliphatic rings. The van der Waals surface area contributed by atoms with E-state index in [9.17, 15) is 23.5 Å². The van der Waals surface area contributed by atoms with E-state index in [2.05, 4.69) is 36.6 Å². The molecule has 0 aromatic heterocycles. The van der Waals surface area contributed by atoms with Crippen molar-refractivity contribution in [1.29, 1.82) is 0 Å². The van der Waals surface area contributed by atoms with E-state index in [1.807, 2.05) is 32.9 Å². The molecule has 44 heavy (non-hydrogen) atoms. The summed E-state index contributed by atoms with van der Waals surface area (Å²) >= 11 is 0. The van der Waals surface area contributed by atoms with Gasteiger partial charge < -0.3 is 20.6 Å². The van der Waals surface area contributed by atoms with Gasteiger partial charge >= 0.3 is 0 Å². The van der Waals surface area contributed by atoms with Crippen LogP contribution in [0.25, 0.3) is 0 Å². The van der Waals surface area contributed by atoms with Gasteiger partial charge in [-0.15, -0.1) is 0 Å². The molecule has 0 spiro atoms. The third-order valence-corrected chi connectivity index (χ3v) is 7.83. The van der Waals surface area contributed by atoms with Crippen molar-refractivity contribution < 1.29 is 23.5 Å². The Morgan fingerprint density at radius 2 is 1.55 bits per heavy atom. The van der Waals surface area contributed by atoms with Crippen LogP contribution in [0, 0.1) is 18.6 Å². The lowest BCUT2D eigenvalue weighted by molar-refractivity contribution is 0.0755. The van der Waals surface area contributed by atoms with Crippen molar-refractivity contribution in [1.82, 2.24) is 15.5 Å². The lowest BCUT2D eigenvalue weighted by Gasteiger charge is -2.25. The number of carbonyl (C=O) groups is 2. The molecule has 3 aromatic carbocycles. The first-order valence-corrected chi connectivity index (χ1v) is 15.7. The Morgan fingerprint density at radius 1 is 0.886 bits per heavy atom. The number of aliphatic hydroxyl groups excluding tert-OH is 1. The molecule has 8 heteroatoms. The largest absolute Gasteiger partial charge is 0.390 e. The third kappa shape index (κ3) is 10.2. The standard InChI is InChI=1S/C36H47F2N3O3/c1-6-12-41(13-7-2)36(44)30-15-24(4)14-29(20-30)35(43)40-33(19-27-17-31(37)21-32(38)18-27)34(42)23-39-22-26-10-9-11-28(16-26)25(5)8-3/h9-11,14-18,20-21,25,33-34,39,42H,6-8,12-13,19,22-23H2,1-5H3,(H,40,43)/t25?,33-,34+/m0/s1. The Morgan fingerprint density at radius 3 is 2.18 bits per heavy atom. The summed E-state index contributed by atoms with van der Waals surface area (Å²) in [4.78, 5) is 28.6. The number of nitrogens with zero attached hydrogens (tertiary/aromatic N) is 1. The molecule has 238 valence electrons. The van der Waals surface area contributed by atoms with Gasteiger partial charge in [0.05, 0.1) is 12.1 Å². The molecule has 3 rings (SSSR count). The lowest BCUT2D eigenvalue weighted by Crippen LogP contribution is -2.48. The highest BCUT2D eigenvalue weighted by Crippen LogP contribution is 2.20. The summed E-state index contributed by atoms with van der Waals surface area (Å²) in [5.41, 5.74) is 4.07. The fourth-order valence-electron chi connectivity index (χ4n) is 5.34. The highest BCUT2D eigenvalue weighted by Gasteiger charge is 2.24. The average molecular weight is 608 g/mol. The number of carbonyl (C=O) groups excluding carboxylic acids is 2. The molecule has 0 heterocycles. The SMILES string of the molecule is CCCN(CCC)C(=O)c1cc(C)cc(C(=O)N[C@@H](Cc2cc(F)cc(F)c2)[C@H](O)CNCc2cccc(C(C)CC)c2)c1. The number of benzene rings is 3. The summed E-state index contributed by atoms with van der Waals surface area (Å²) in [5, 5.41) is 17.4. The van der Waals surface area contributed by atoms with Crippen LogP contribution in [-0.2, 0) is 13.0 Å². The molecule has 6 nitrogen and oxygen atoms in total. The minimum absolute atomic E-state index is 0.00511. The van der Waals surface area contributed by atoms with Gasteiger partial charge in [-0.1, -0.05) is 52.0 Å². The van der Waals surface area contributed by atoms with E-state index < -0.39 is 29.7 Å². The molecule has 3 N–H and O–H groups in total. The van der Waals surface area contributed by atoms with E-state index >= 15 is 0 Å². The third-order valence-electron chi connectivity index (χ3n) is 7.83. The molecule has 1 unspecified atom stereocenters. The molecule has 0 aliphatic heterocycles. The maximum atomic E-state index is 14.0. The van der Waals surface area contributed by atoms with Gasteiger partial charge in [-0.3, -0.25) is 9.59 Å². The van der Waals surface area contributed by atoms with E-state index in [1.54, 1.807) is 23.1 Å². The van der Waals surface area contributed by atoms with Gasteiger partial charge in [0.15, 0.2) is 0 Å². The van der Waals surface area contributed by atoms with Crippen molar-refractivity contribution in [2.45, 2.75) is 84.9 Å². The fourth-order valence-corrected chi connectivity index (χ4v) is 5.34. The van der Waals surface area contributed by atoms with Gasteiger partial charge in [0.1, 0.15) is 11.6 Å². The molecule has 0 bridgehead atoms. The number of nitrogens with one attached hydrogen (secondary N) is 2. The maximum Gasteiger partial charge on any atom is 0.253 e. The fraction of sp³-hybridized carbons (Fsp3) is 0.444. The zero-order valence-corrected chi connectivity index (χ0v) is 26.6. The van der Waals surface area contributed by atoms with Gasteiger partial charge in [0, 0.05) is 43.4 Å². The summed E-state index contributed by atoms with van der Waals surface area (Å²) in [5.74, 6) is -1.65. The molecule has 2 amide bonds. The number of amides is 2. The Hall–Kier alpha value is -3.62. The van der Waals surface area contributed by atoms with Crippen molar-refractivity contribution in [3.63, 3.8) is 0 Å². The van der Waals surface area contributed by atoms with Crippen LogP contribution in [0.2, 0.25) is 0 Å². The van der Waals surface area contributed by atoms with E-state index in [0.29, 0.717) is 36.7 Å². The van der Waals surface area contributed by atoms with Crippen LogP contribution >= 0.6 is 0 Å². The van der Waals surface area contributed by atoms with Crippen LogP contribution in [-0.4, -0.2) is 53.6 Å². The van der Waals surface area contributed by atoms with Crippen LogP contribution in [0.1, 0.15) is 95.8 Å². The smallest absolute Gasteiger partial charge is 0.253 e. The number of hydrogen-bond donors (Lipinski definition) is 3. The molecule has 0 aliphatic carbocycles. The van der Waals surface area contributed by atoms with Gasteiger partial charge in [0.25, 0.3) is 11.8 Å². The highest BCUT2D eigenvalue weighted by atomic mass is 19.1. The molecule has 3 aromatic rings. The summed E-state index contributed by atoms with van der Waals surface area (Å²) in [7, 11) is 0. The highest BCUT2D eigenvalue weighted by molar-refractivity contribution is 6.00. The lowest BCUT2D eigenvalue weighted by atomic mass is 9.97. The van der Waals surface area contributed by atoms with Gasteiger partial charge in [-0.25, -0.2) is 8.78 Å². The Bertz CT molecular complexity index is 1370. The van der Waals surface area contributed by atoms with Crippen LogP contribution in [0.5, 0.6) is 0 Å². The summed E-state index contributed by atoms with van der Waals surface area (Å²) in [6, 6.07) is 15.6. The van der Waals surface area contributed by atoms with Crippen LogP contribution in [0.3, 0.4) is 0 Å². The average Bonchev–Trinajstić information content (AvgIpc) is 2.99. The molecular weight excluding hydrogens is 560 g/mol. The second-order valence-electron chi connectivity index (χ2n) is 11.7. The number of aliphatic hydroxyl groups is 1. The monoisotopic (exact) mass is 607 g/mol. The number of rotatable bonds is 16. The number of halogens is 2. The first-order valence-electron chi connectivity index (χ1n) is 15.7. The second kappa shape index (κ2) is 17.0. The van der Waals surface area contributed by atoms with Gasteiger partial charge in [-0.2, -0.15) is 0 Å². The van der Waals surface area contributed by atoms with Crippen molar-refractivity contribution in [3.05, 3.63) is 106 Å². The van der Waals surface area contributed by atoms with E-state index in [-0.39, 0.29) is 24.4 Å². The van der Waals surface area contributed by atoms with Gasteiger partial charge in [0.2, 0.25) is 0 Å². The molecule has 0 fully saturated rings. The van der Waals surface area contributed by atoms with E-state index in [4.69, 9.17) is 0 Å². The summed E-state index contributed by atoms with van der Waals surface area (Å²) < 4.78 is 28.0. The predicted octanol–water partition coefficient (Wildman–Crippen LogP) is 6.54. The van der Waals surface area contributed by atoms with Crippen LogP contribution < -0.4 is 10.6 Å². The number of aryl methyl sites for hydroxylation is 1. The minimum Gasteiger partial charge on any atom is -0.390 e. The first kappa shape index (κ1) is 34.9. The minimum atomic E-state index is -1.07. The zero-order valence-electron chi connectivity index (χ0n) is 26.6. The van der Waals surface area contributed by atoms with Crippen molar-refractivity contribution >= 4 is 11.8 Å². The van der Waals surface area contributed by atoms with Crippen LogP contribution in [0.4, 0.5) is 8.78 Å². The molecule has 0 saturated carbocycles. The maximum absolute atomic E-state index is 14.0. The van der Waals surface area contributed by atoms with E-state index in [0.717, 1.165) is 36.5 Å². The number of hydrogen-bond acceptors (Lipinski definition) is 4. The normalized spacial score (nSPS) is 13.3. The molecule has 0 radical (unpaired) electrons. The van der Waals surface area contributed by atoms with E-state index in [1.165, 1.54) is 17.7 Å². The molecule has 0 saturated heterocycles. The Kier molecular flexibility index (Phi) is 13.5. The summed E-state index contributed by atoms with van der Waals surface area (Å²) in [6.07, 6.45) is 1.61. The topological polar surface area (TPSA) is 81.7 Å². The Balaban J connectivity index is 1.80. The van der Waals surface area contributed by atoms with Crippen LogP contribution in [0.15, 0.2) is 60.7 Å². The van der Waals surface area contributed by atoms with Crippen molar-refractivity contribution in [3.8, 4) is 0 Å². The second-order valence-corrected chi connectivity index (χ2v) is 11.7.